The second kappa shape index (κ2) is 7.21. The molecule has 7 nitrogen and oxygen atoms in total. The Morgan fingerprint density at radius 2 is 1.81 bits per heavy atom. The van der Waals surface area contributed by atoms with Crippen molar-refractivity contribution in [1.29, 1.82) is 0 Å². The zero-order valence-electron chi connectivity index (χ0n) is 15.6. The maximum Gasteiger partial charge on any atom is 0.419 e. The number of amides is 2. The first-order chi connectivity index (χ1) is 13.0. The molecule has 0 radical (unpaired) electrons. The van der Waals surface area contributed by atoms with Gasteiger partial charge in [-0.15, -0.1) is 0 Å². The van der Waals surface area contributed by atoms with Crippen molar-refractivity contribution in [2.75, 3.05) is 26.2 Å². The van der Waals surface area contributed by atoms with E-state index in [0.717, 1.165) is 37.8 Å². The summed E-state index contributed by atoms with van der Waals surface area (Å²) in [5, 5.41) is 0. The van der Waals surface area contributed by atoms with Crippen LogP contribution in [0.4, 0.5) is 0 Å². The molecule has 0 bridgehead atoms. The molecule has 0 spiro atoms. The van der Waals surface area contributed by atoms with Crippen LogP contribution in [0.2, 0.25) is 0 Å². The molecule has 7 heteroatoms. The summed E-state index contributed by atoms with van der Waals surface area (Å²) in [7, 11) is 1.66. The van der Waals surface area contributed by atoms with Crippen molar-refractivity contribution in [2.45, 2.75) is 32.1 Å². The number of hydrogen-bond acceptors (Lipinski definition) is 4. The highest BCUT2D eigenvalue weighted by Crippen LogP contribution is 2.28. The van der Waals surface area contributed by atoms with E-state index in [1.807, 2.05) is 21.9 Å². The number of fused-ring (bicyclic) bond motifs is 1. The van der Waals surface area contributed by atoms with Gasteiger partial charge in [0.2, 0.25) is 11.8 Å². The fourth-order valence-corrected chi connectivity index (χ4v) is 3.87. The molecule has 1 aliphatic heterocycles. The highest BCUT2D eigenvalue weighted by atomic mass is 16.4. The summed E-state index contributed by atoms with van der Waals surface area (Å²) in [4.78, 5) is 40.6. The SMILES string of the molecule is Cn1c(=O)oc2ccc(CC(=O)N3CCCN(C(=O)C4CCC4)CC3)cc21. The Bertz CT molecular complexity index is 925. The summed E-state index contributed by atoms with van der Waals surface area (Å²) in [6.07, 6.45) is 4.28. The fourth-order valence-electron chi connectivity index (χ4n) is 3.87. The molecule has 0 unspecified atom stereocenters. The number of carbonyl (C=O) groups is 2. The van der Waals surface area contributed by atoms with Crippen molar-refractivity contribution in [1.82, 2.24) is 14.4 Å². The predicted molar refractivity (Wildman–Crippen MR) is 100 cm³/mol. The number of aromatic nitrogens is 1. The lowest BCUT2D eigenvalue weighted by Gasteiger charge is -2.31. The van der Waals surface area contributed by atoms with Crippen LogP contribution in [-0.4, -0.2) is 52.4 Å². The van der Waals surface area contributed by atoms with Crippen LogP contribution in [0, 0.1) is 5.92 Å². The van der Waals surface area contributed by atoms with Gasteiger partial charge in [-0.1, -0.05) is 12.5 Å². The third-order valence-corrected chi connectivity index (χ3v) is 5.83. The number of hydrogen-bond donors (Lipinski definition) is 0. The number of aryl methyl sites for hydroxylation is 1. The molecule has 2 fully saturated rings. The number of nitrogens with zero attached hydrogens (tertiary/aromatic N) is 3. The molecule has 0 atom stereocenters. The van der Waals surface area contributed by atoms with E-state index in [4.69, 9.17) is 4.42 Å². The third kappa shape index (κ3) is 3.50. The van der Waals surface area contributed by atoms with Crippen LogP contribution in [-0.2, 0) is 23.1 Å². The third-order valence-electron chi connectivity index (χ3n) is 5.83. The van der Waals surface area contributed by atoms with Crippen molar-refractivity contribution in [3.05, 3.63) is 34.3 Å². The zero-order valence-corrected chi connectivity index (χ0v) is 15.6. The van der Waals surface area contributed by atoms with E-state index in [0.29, 0.717) is 30.7 Å². The minimum Gasteiger partial charge on any atom is -0.408 e. The summed E-state index contributed by atoms with van der Waals surface area (Å²) in [5.41, 5.74) is 2.08. The van der Waals surface area contributed by atoms with Crippen molar-refractivity contribution < 1.29 is 14.0 Å². The Morgan fingerprint density at radius 1 is 1.07 bits per heavy atom. The average molecular weight is 371 g/mol. The maximum absolute atomic E-state index is 12.8. The largest absolute Gasteiger partial charge is 0.419 e. The molecule has 2 aromatic rings. The Kier molecular flexibility index (Phi) is 4.76. The molecule has 1 saturated carbocycles. The molecular weight excluding hydrogens is 346 g/mol. The first-order valence-electron chi connectivity index (χ1n) is 9.68. The average Bonchev–Trinajstić information content (AvgIpc) is 2.79. The molecule has 2 heterocycles. The van der Waals surface area contributed by atoms with Gasteiger partial charge in [-0.25, -0.2) is 4.79 Å². The summed E-state index contributed by atoms with van der Waals surface area (Å²) in [6, 6.07) is 5.40. The topological polar surface area (TPSA) is 75.8 Å². The lowest BCUT2D eigenvalue weighted by molar-refractivity contribution is -0.138. The van der Waals surface area contributed by atoms with E-state index < -0.39 is 5.76 Å². The first kappa shape index (κ1) is 17.8. The van der Waals surface area contributed by atoms with Crippen molar-refractivity contribution in [3.63, 3.8) is 0 Å². The monoisotopic (exact) mass is 371 g/mol. The van der Waals surface area contributed by atoms with Gasteiger partial charge in [0.15, 0.2) is 5.58 Å². The van der Waals surface area contributed by atoms with Crippen LogP contribution < -0.4 is 5.76 Å². The standard InChI is InChI=1S/C20H25N3O4/c1-21-16-12-14(6-7-17(16)27-20(21)26)13-18(24)22-8-3-9-23(11-10-22)19(25)15-4-2-5-15/h6-7,12,15H,2-5,8-11,13H2,1H3. The first-order valence-corrected chi connectivity index (χ1v) is 9.68. The van der Waals surface area contributed by atoms with Gasteiger partial charge >= 0.3 is 5.76 Å². The maximum atomic E-state index is 12.8. The second-order valence-electron chi connectivity index (χ2n) is 7.59. The molecule has 1 aliphatic carbocycles. The molecule has 1 saturated heterocycles. The van der Waals surface area contributed by atoms with E-state index in [1.165, 1.54) is 4.57 Å². The normalized spacial score (nSPS) is 18.4. The molecule has 1 aromatic carbocycles. The molecule has 1 aromatic heterocycles. The van der Waals surface area contributed by atoms with Crippen molar-refractivity contribution >= 4 is 22.9 Å². The molecule has 144 valence electrons. The van der Waals surface area contributed by atoms with Gasteiger partial charge in [-0.3, -0.25) is 14.2 Å². The van der Waals surface area contributed by atoms with Gasteiger partial charge in [0, 0.05) is 39.1 Å². The Morgan fingerprint density at radius 3 is 2.56 bits per heavy atom. The molecular formula is C20H25N3O4. The zero-order chi connectivity index (χ0) is 19.0. The molecule has 2 aliphatic rings. The number of rotatable bonds is 3. The van der Waals surface area contributed by atoms with Crippen molar-refractivity contribution in [2.24, 2.45) is 13.0 Å². The number of benzene rings is 1. The fraction of sp³-hybridized carbons (Fsp3) is 0.550. The number of carbonyl (C=O) groups excluding carboxylic acids is 2. The lowest BCUT2D eigenvalue weighted by atomic mass is 9.84. The molecule has 4 rings (SSSR count). The van der Waals surface area contributed by atoms with E-state index in [9.17, 15) is 14.4 Å². The number of oxazole rings is 1. The van der Waals surface area contributed by atoms with E-state index >= 15 is 0 Å². The van der Waals surface area contributed by atoms with Gasteiger partial charge in [0.1, 0.15) is 0 Å². The molecule has 2 amide bonds. The summed E-state index contributed by atoms with van der Waals surface area (Å²) < 4.78 is 6.58. The predicted octanol–water partition coefficient (Wildman–Crippen LogP) is 1.53. The summed E-state index contributed by atoms with van der Waals surface area (Å²) >= 11 is 0. The van der Waals surface area contributed by atoms with Crippen LogP contribution in [0.15, 0.2) is 27.4 Å². The van der Waals surface area contributed by atoms with Gasteiger partial charge in [0.05, 0.1) is 11.9 Å². The minimum absolute atomic E-state index is 0.0563. The summed E-state index contributed by atoms with van der Waals surface area (Å²) in [5.74, 6) is 0.125. The van der Waals surface area contributed by atoms with Gasteiger partial charge in [0.25, 0.3) is 0 Å². The van der Waals surface area contributed by atoms with Crippen LogP contribution in [0.3, 0.4) is 0 Å². The van der Waals surface area contributed by atoms with E-state index in [2.05, 4.69) is 0 Å². The van der Waals surface area contributed by atoms with E-state index in [1.54, 1.807) is 13.1 Å². The van der Waals surface area contributed by atoms with Crippen LogP contribution in [0.25, 0.3) is 11.1 Å². The Balaban J connectivity index is 1.40. The van der Waals surface area contributed by atoms with Gasteiger partial charge in [-0.05, 0) is 37.0 Å². The molecule has 27 heavy (non-hydrogen) atoms. The Labute approximate surface area is 157 Å². The van der Waals surface area contributed by atoms with Crippen molar-refractivity contribution in [3.8, 4) is 0 Å². The lowest BCUT2D eigenvalue weighted by Crippen LogP contribution is -2.41. The van der Waals surface area contributed by atoms with E-state index in [-0.39, 0.29) is 24.2 Å². The molecule has 0 N–H and O–H groups in total. The van der Waals surface area contributed by atoms with Crippen LogP contribution in [0.5, 0.6) is 0 Å². The minimum atomic E-state index is -0.405. The smallest absolute Gasteiger partial charge is 0.408 e. The van der Waals surface area contributed by atoms with Crippen LogP contribution >= 0.6 is 0 Å². The second-order valence-corrected chi connectivity index (χ2v) is 7.59. The van der Waals surface area contributed by atoms with Gasteiger partial charge in [-0.2, -0.15) is 0 Å². The summed E-state index contributed by atoms with van der Waals surface area (Å²) in [6.45, 7) is 2.63. The highest BCUT2D eigenvalue weighted by molar-refractivity contribution is 5.82. The van der Waals surface area contributed by atoms with Gasteiger partial charge < -0.3 is 14.2 Å². The highest BCUT2D eigenvalue weighted by Gasteiger charge is 2.30. The Hall–Kier alpha value is -2.57. The quantitative estimate of drug-likeness (QED) is 0.820. The van der Waals surface area contributed by atoms with Crippen LogP contribution in [0.1, 0.15) is 31.2 Å².